The Balaban J connectivity index is 1.36. The molecule has 0 saturated carbocycles. The van der Waals surface area contributed by atoms with E-state index in [0.717, 1.165) is 22.3 Å². The number of fused-ring (bicyclic) bond motifs is 7. The lowest BCUT2D eigenvalue weighted by atomic mass is 9.33. The first kappa shape index (κ1) is 65.0. The Labute approximate surface area is 820 Å². The van der Waals surface area contributed by atoms with E-state index in [1.807, 2.05) is 119 Å². The Morgan fingerprint density at radius 1 is 0.223 bits per heavy atom. The number of nitrogens with zero attached hydrogens (tertiary/aromatic N) is 3. The summed E-state index contributed by atoms with van der Waals surface area (Å²) in [4.78, 5) is 3.50. The predicted molar refractivity (Wildman–Crippen MR) is 572 cm³/mol. The van der Waals surface area contributed by atoms with Crippen molar-refractivity contribution in [3.05, 3.63) is 309 Å². The van der Waals surface area contributed by atoms with Gasteiger partial charge in [0.25, 0.3) is 6.71 Å². The van der Waals surface area contributed by atoms with E-state index < -0.39 is 239 Å². The predicted octanol–water partition coefficient (Wildman–Crippen LogP) is 34.4. The smallest absolute Gasteiger partial charge is 0.252 e. The molecule has 3 heterocycles. The third kappa shape index (κ3) is 17.3. The average Bonchev–Trinajstić information content (AvgIpc) is 0.819. The Morgan fingerprint density at radius 2 is 0.515 bits per heavy atom. The second-order valence-corrected chi connectivity index (χ2v) is 48.9. The lowest BCUT2D eigenvalue weighted by Crippen LogP contribution is -2.61. The van der Waals surface area contributed by atoms with E-state index in [0.29, 0.717) is 33.2 Å². The zero-order chi connectivity index (χ0) is 117. The zero-order valence-electron chi connectivity index (χ0n) is 110. The van der Waals surface area contributed by atoms with Gasteiger partial charge in [-0.1, -0.05) is 431 Å². The minimum absolute atomic E-state index is 0.00109. The Kier molecular flexibility index (Phi) is 15.8. The van der Waals surface area contributed by atoms with Gasteiger partial charge in [0.15, 0.2) is 0 Å². The van der Waals surface area contributed by atoms with E-state index in [4.69, 9.17) is 0 Å². The van der Waals surface area contributed by atoms with E-state index in [-0.39, 0.29) is 146 Å². The van der Waals surface area contributed by atoms with Crippen LogP contribution in [0.2, 0.25) is 0 Å². The van der Waals surface area contributed by atoms with E-state index in [2.05, 4.69) is 119 Å². The van der Waals surface area contributed by atoms with E-state index in [9.17, 15) is 35.6 Å². The summed E-state index contributed by atoms with van der Waals surface area (Å²) in [5.41, 5.74) is -7.93. The molecule has 0 saturated heterocycles. The normalized spacial score (nSPS) is 16.8. The quantitative estimate of drug-likeness (QED) is 0.133. The van der Waals surface area contributed by atoms with Crippen LogP contribution in [0.1, 0.15) is 352 Å². The molecule has 670 valence electrons. The molecule has 0 amide bonds. The molecule has 130 heavy (non-hydrogen) atoms. The molecule has 16 rings (SSSR count). The summed E-state index contributed by atoms with van der Waals surface area (Å²) >= 11 is 0. The van der Waals surface area contributed by atoms with Crippen LogP contribution in [-0.4, -0.2) is 11.3 Å². The molecule has 3 nitrogen and oxygen atoms in total. The fourth-order valence-corrected chi connectivity index (χ4v) is 17.6. The lowest BCUT2D eigenvalue weighted by molar-refractivity contribution is 0.568. The number of hydrogen-bond acceptors (Lipinski definition) is 2. The van der Waals surface area contributed by atoms with E-state index in [1.165, 1.54) is 4.57 Å². The Hall–Kier alpha value is -10.7. The first-order valence-electron chi connectivity index (χ1n) is 59.2. The molecule has 2 aliphatic rings. The van der Waals surface area contributed by atoms with Gasteiger partial charge in [0.2, 0.25) is 0 Å². The van der Waals surface area contributed by atoms with Crippen LogP contribution >= 0.6 is 0 Å². The van der Waals surface area contributed by atoms with Gasteiger partial charge in [-0.3, -0.25) is 0 Å². The van der Waals surface area contributed by atoms with Crippen molar-refractivity contribution >= 4 is 79.0 Å². The van der Waals surface area contributed by atoms with Gasteiger partial charge in [-0.15, -0.1) is 0 Å². The fraction of sp³-hybridized carbons (Fsp3) is 0.381. The highest BCUT2D eigenvalue weighted by Gasteiger charge is 2.48. The van der Waals surface area contributed by atoms with Crippen molar-refractivity contribution in [2.24, 2.45) is 0 Å². The summed E-state index contributed by atoms with van der Waals surface area (Å²) in [7, 11) is 0. The Morgan fingerprint density at radius 3 is 0.815 bits per heavy atom. The first-order chi connectivity index (χ1) is 70.9. The minimum Gasteiger partial charge on any atom is -0.310 e. The molecule has 1 aromatic heterocycles. The summed E-state index contributed by atoms with van der Waals surface area (Å²) < 4.78 is 283. The maximum atomic E-state index is 12.0. The van der Waals surface area contributed by atoms with Crippen molar-refractivity contribution in [1.29, 1.82) is 0 Å². The van der Waals surface area contributed by atoms with Crippen molar-refractivity contribution in [2.75, 3.05) is 9.80 Å². The molecule has 14 aromatic rings. The second kappa shape index (κ2) is 31.5. The van der Waals surface area contributed by atoms with Gasteiger partial charge < -0.3 is 14.4 Å². The molecule has 0 spiro atoms. The van der Waals surface area contributed by atoms with Gasteiger partial charge in [-0.05, 0) is 253 Å². The maximum absolute atomic E-state index is 12.0. The van der Waals surface area contributed by atoms with Crippen LogP contribution in [-0.2, 0) is 65.0 Å². The van der Waals surface area contributed by atoms with Gasteiger partial charge >= 0.3 is 0 Å². The molecule has 0 unspecified atom stereocenters. The molecule has 2 aliphatic heterocycles. The summed E-state index contributed by atoms with van der Waals surface area (Å²) in [6.07, 6.45) is 0. The first-order valence-corrected chi connectivity index (χ1v) is 46.2. The maximum Gasteiger partial charge on any atom is 0.252 e. The molecular formula is C126H148BN3. The van der Waals surface area contributed by atoms with Crippen LogP contribution in [0.25, 0.3) is 94.3 Å². The van der Waals surface area contributed by atoms with Crippen molar-refractivity contribution in [2.45, 2.75) is 314 Å². The number of anilines is 6. The topological polar surface area (TPSA) is 11.4 Å². The number of hydrogen-bond donors (Lipinski definition) is 0. The highest BCUT2D eigenvalue weighted by atomic mass is 15.2. The van der Waals surface area contributed by atoms with Gasteiger partial charge in [-0.25, -0.2) is 0 Å². The second-order valence-electron chi connectivity index (χ2n) is 48.9. The summed E-state index contributed by atoms with van der Waals surface area (Å²) in [5, 5.41) is -0.728. The number of aromatic nitrogens is 1. The fourth-order valence-electron chi connectivity index (χ4n) is 17.6. The lowest BCUT2D eigenvalue weighted by Gasteiger charge is -2.46. The molecule has 0 aliphatic carbocycles. The summed E-state index contributed by atoms with van der Waals surface area (Å²) in [5.74, 6) is 0. The van der Waals surface area contributed by atoms with E-state index >= 15 is 0 Å². The van der Waals surface area contributed by atoms with Crippen molar-refractivity contribution in [3.8, 4) is 72.4 Å². The SMILES string of the molecule is [2H]c1c([2H])c(C(C)(C)C)c([2H])c([2H])c1-c1c([2H])c(C(C)(C)C)c([2H])c(-c2c([2H])c([2H])c(C(C)(C)C)c([2H])c2C(C)(C)C)c1N1c2cc(-c3cc(C(C)(C)C)cc(C(C)(C)C)c3)ccc2B2c3ccc(-c4cc(C(C)(C)C)cc(C(C)(C)C)c4)cc3N(c3c(-c4c([2H])c([2H])c(C(C)(C)C)c([2H])c4[2H])c([2H])c(C(C)(C)C)c([2H])c3-c3c([2H])c([2H])c(C(C)(C)C)c([2H])c3C(C)(C)C)c3cc(-n4c5c([2H])c([2H])c([2H])c([2H])c5c5c([2H])c([2H])c([2H])c([2H])c54)cc1c32. The van der Waals surface area contributed by atoms with Crippen molar-refractivity contribution in [3.63, 3.8) is 0 Å². The van der Waals surface area contributed by atoms with Gasteiger partial charge in [0.1, 0.15) is 0 Å². The van der Waals surface area contributed by atoms with E-state index in [1.54, 1.807) is 105 Å². The largest absolute Gasteiger partial charge is 0.310 e. The molecule has 4 heteroatoms. The molecule has 0 N–H and O–H groups in total. The summed E-state index contributed by atoms with van der Waals surface area (Å²) in [6.45, 7) is 67.7. The van der Waals surface area contributed by atoms with Crippen LogP contribution < -0.4 is 26.2 Å². The highest BCUT2D eigenvalue weighted by Crippen LogP contribution is 2.58. The highest BCUT2D eigenvalue weighted by molar-refractivity contribution is 7.00. The zero-order valence-corrected chi connectivity index (χ0v) is 84.0. The van der Waals surface area contributed by atoms with Crippen molar-refractivity contribution in [1.82, 2.24) is 4.57 Å². The molecule has 13 aromatic carbocycles. The molecule has 0 atom stereocenters. The number of para-hydroxylation sites is 2. The monoisotopic (exact) mass is 1740 g/mol. The number of rotatable bonds is 9. The van der Waals surface area contributed by atoms with Crippen LogP contribution in [0.15, 0.2) is 242 Å². The van der Waals surface area contributed by atoms with Gasteiger partial charge in [0.05, 0.1) is 63.7 Å². The average molecular weight is 1740 g/mol. The van der Waals surface area contributed by atoms with Crippen LogP contribution in [0.3, 0.4) is 0 Å². The van der Waals surface area contributed by atoms with Gasteiger partial charge in [-0.2, -0.15) is 0 Å². The van der Waals surface area contributed by atoms with Crippen molar-refractivity contribution < 1.29 is 35.6 Å². The molecule has 0 bridgehead atoms. The standard InChI is InChI=1S/C126H148BN3/c1-115(2,3)83-51-45-77(46-52-83)98-69-91(123(25,26)27)71-100(94-57-55-85(117(7,8)9)73-102(94)125(31,32)33)113(98)129-108-65-79(81-61-87(119(13,14)15)67-88(62-81)120(16,17)18)49-59-104(108)127-105-60-50-80(82-63-89(121(19,20)21)68-90(64-82)122(22,23)24)66-109(105)130(111-76-93(75-110(129)112(111)127)128-106-43-39-37-41-96(106)97-42-38-40-44-107(97)128)114-99(78-47-53-84(54-48-78)116(4,5)6)70-92(124(28,29)30)72-101(114)95-58-56-86(118(10,11)12)74-103(95)126(34,35)36/h37-76H,1-36H3/i37D,38D,39D,40D,41D,42D,43D,44D,45D,46D,47D,48D,51D,52D,53D,54D,55D,56D,57D,58D,69D,70D,71D,72D,73D,74D. The molecule has 0 radical (unpaired) electrons. The Bertz CT molecular complexity index is 7880. The van der Waals surface area contributed by atoms with Crippen LogP contribution in [0.5, 0.6) is 0 Å². The minimum atomic E-state index is -1.36. The molecular weight excluding hydrogens is 1570 g/mol. The third-order valence-corrected chi connectivity index (χ3v) is 25.6. The summed E-state index contributed by atoms with van der Waals surface area (Å²) in [6, 6.07) is 13.3. The van der Waals surface area contributed by atoms with Crippen LogP contribution in [0, 0.1) is 0 Å². The van der Waals surface area contributed by atoms with Crippen LogP contribution in [0.4, 0.5) is 34.1 Å². The number of benzene rings is 13. The third-order valence-electron chi connectivity index (χ3n) is 25.6. The molecule has 0 fully saturated rings. The van der Waals surface area contributed by atoms with Gasteiger partial charge in [0, 0.05) is 55.8 Å².